The van der Waals surface area contributed by atoms with Crippen molar-refractivity contribution in [3.8, 4) is 0 Å². The van der Waals surface area contributed by atoms with Crippen molar-refractivity contribution >= 4 is 0 Å². The van der Waals surface area contributed by atoms with Gasteiger partial charge in [-0.15, -0.1) is 0 Å². The molecule has 0 aliphatic carbocycles. The molecule has 1 heterocycles. The molecule has 2 heteroatoms. The quantitative estimate of drug-likeness (QED) is 0.817. The van der Waals surface area contributed by atoms with Gasteiger partial charge in [0.05, 0.1) is 0 Å². The summed E-state index contributed by atoms with van der Waals surface area (Å²) in [4.78, 5) is 2.58. The molecular weight excluding hydrogens is 256 g/mol. The Morgan fingerprint density at radius 1 is 0.952 bits per heavy atom. The Bertz CT molecular complexity index is 524. The smallest absolute Gasteiger partial charge is 0.0206 e. The number of hydrogen-bond donors (Lipinski definition) is 1. The Balaban J connectivity index is 1.38. The molecule has 0 spiro atoms. The lowest BCUT2D eigenvalue weighted by atomic mass is 9.99. The van der Waals surface area contributed by atoms with Crippen molar-refractivity contribution in [1.29, 1.82) is 0 Å². The molecule has 3 rings (SSSR count). The molecule has 2 aromatic rings. The average Bonchev–Trinajstić information content (AvgIpc) is 3.02. The van der Waals surface area contributed by atoms with Crippen LogP contribution in [0.25, 0.3) is 0 Å². The molecule has 0 saturated carbocycles. The maximum absolute atomic E-state index is 3.54. The molecule has 1 fully saturated rings. The lowest BCUT2D eigenvalue weighted by Gasteiger charge is -2.16. The van der Waals surface area contributed by atoms with Crippen molar-refractivity contribution in [3.05, 3.63) is 71.8 Å². The van der Waals surface area contributed by atoms with Crippen LogP contribution in [0, 0.1) is 0 Å². The van der Waals surface area contributed by atoms with E-state index in [1.807, 2.05) is 0 Å². The first-order valence-electron chi connectivity index (χ1n) is 7.94. The fraction of sp³-hybridized carbons (Fsp3) is 0.368. The maximum Gasteiger partial charge on any atom is 0.0206 e. The van der Waals surface area contributed by atoms with E-state index in [1.54, 1.807) is 0 Å². The summed E-state index contributed by atoms with van der Waals surface area (Å²) in [6, 6.07) is 21.6. The predicted molar refractivity (Wildman–Crippen MR) is 88.4 cm³/mol. The van der Waals surface area contributed by atoms with Gasteiger partial charge in [-0.1, -0.05) is 60.7 Å². The van der Waals surface area contributed by atoms with Crippen molar-refractivity contribution in [1.82, 2.24) is 10.2 Å². The largest absolute Gasteiger partial charge is 0.311 e. The lowest BCUT2D eigenvalue weighted by Crippen LogP contribution is -2.30. The molecule has 1 N–H and O–H groups in total. The van der Waals surface area contributed by atoms with Crippen LogP contribution in [0.15, 0.2) is 60.7 Å². The number of rotatable bonds is 6. The number of likely N-dealkylation sites (tertiary alicyclic amines) is 1. The van der Waals surface area contributed by atoms with E-state index in [9.17, 15) is 0 Å². The molecule has 0 bridgehead atoms. The lowest BCUT2D eigenvalue weighted by molar-refractivity contribution is 0.331. The van der Waals surface area contributed by atoms with Gasteiger partial charge in [0, 0.05) is 26.2 Å². The van der Waals surface area contributed by atoms with Crippen LogP contribution in [-0.4, -0.2) is 31.1 Å². The van der Waals surface area contributed by atoms with Crippen molar-refractivity contribution in [2.24, 2.45) is 0 Å². The summed E-state index contributed by atoms with van der Waals surface area (Å²) in [5.41, 5.74) is 2.86. The minimum Gasteiger partial charge on any atom is -0.311 e. The van der Waals surface area contributed by atoms with Crippen molar-refractivity contribution < 1.29 is 0 Å². The van der Waals surface area contributed by atoms with Gasteiger partial charge < -0.3 is 10.2 Å². The maximum atomic E-state index is 3.54. The Morgan fingerprint density at radius 2 is 1.67 bits per heavy atom. The van der Waals surface area contributed by atoms with Crippen LogP contribution >= 0.6 is 0 Å². The summed E-state index contributed by atoms with van der Waals surface area (Å²) in [7, 11) is 0. The number of nitrogens with zero attached hydrogens (tertiary/aromatic N) is 1. The molecule has 1 aliphatic heterocycles. The molecule has 0 radical (unpaired) electrons. The standard InChI is InChI=1S/C19H24N2/c1-3-7-17(8-4-1)15-20-12-14-21-13-11-19(16-21)18-9-5-2-6-10-18/h1-10,19-20H,11-16H2. The summed E-state index contributed by atoms with van der Waals surface area (Å²) >= 11 is 0. The van der Waals surface area contributed by atoms with E-state index in [1.165, 1.54) is 30.6 Å². The number of nitrogens with one attached hydrogen (secondary N) is 1. The van der Waals surface area contributed by atoms with Crippen LogP contribution < -0.4 is 5.32 Å². The van der Waals surface area contributed by atoms with Crippen LogP contribution in [0.5, 0.6) is 0 Å². The Hall–Kier alpha value is -1.64. The molecular formula is C19H24N2. The molecule has 21 heavy (non-hydrogen) atoms. The van der Waals surface area contributed by atoms with Gasteiger partial charge in [0.15, 0.2) is 0 Å². The minimum absolute atomic E-state index is 0.723. The first-order chi connectivity index (χ1) is 10.4. The van der Waals surface area contributed by atoms with Gasteiger partial charge in [0.1, 0.15) is 0 Å². The molecule has 1 atom stereocenters. The Labute approximate surface area is 127 Å². The average molecular weight is 280 g/mol. The summed E-state index contributed by atoms with van der Waals surface area (Å²) in [6.45, 7) is 5.62. The van der Waals surface area contributed by atoms with Crippen LogP contribution in [-0.2, 0) is 6.54 Å². The summed E-state index contributed by atoms with van der Waals surface area (Å²) in [6.07, 6.45) is 1.29. The van der Waals surface area contributed by atoms with Gasteiger partial charge in [0.2, 0.25) is 0 Å². The van der Waals surface area contributed by atoms with Crippen molar-refractivity contribution in [2.45, 2.75) is 18.9 Å². The molecule has 1 aliphatic rings. The highest BCUT2D eigenvalue weighted by molar-refractivity contribution is 5.21. The summed E-state index contributed by atoms with van der Waals surface area (Å²) in [5, 5.41) is 3.54. The van der Waals surface area contributed by atoms with Gasteiger partial charge in [-0.05, 0) is 30.0 Å². The summed E-state index contributed by atoms with van der Waals surface area (Å²) < 4.78 is 0. The van der Waals surface area contributed by atoms with E-state index < -0.39 is 0 Å². The van der Waals surface area contributed by atoms with Crippen LogP contribution in [0.3, 0.4) is 0 Å². The topological polar surface area (TPSA) is 15.3 Å². The van der Waals surface area contributed by atoms with E-state index in [-0.39, 0.29) is 0 Å². The van der Waals surface area contributed by atoms with Crippen LogP contribution in [0.2, 0.25) is 0 Å². The van der Waals surface area contributed by atoms with Gasteiger partial charge >= 0.3 is 0 Å². The normalized spacial score (nSPS) is 19.0. The molecule has 1 unspecified atom stereocenters. The van der Waals surface area contributed by atoms with E-state index in [0.717, 1.165) is 25.6 Å². The highest BCUT2D eigenvalue weighted by Crippen LogP contribution is 2.26. The fourth-order valence-electron chi connectivity index (χ4n) is 3.10. The second kappa shape index (κ2) is 7.39. The van der Waals surface area contributed by atoms with Gasteiger partial charge in [-0.2, -0.15) is 0 Å². The monoisotopic (exact) mass is 280 g/mol. The number of hydrogen-bond acceptors (Lipinski definition) is 2. The number of benzene rings is 2. The second-order valence-electron chi connectivity index (χ2n) is 5.86. The third-order valence-corrected chi connectivity index (χ3v) is 4.32. The zero-order valence-electron chi connectivity index (χ0n) is 12.5. The van der Waals surface area contributed by atoms with E-state index in [0.29, 0.717) is 0 Å². The molecule has 2 nitrogen and oxygen atoms in total. The van der Waals surface area contributed by atoms with Crippen molar-refractivity contribution in [3.63, 3.8) is 0 Å². The molecule has 0 aromatic heterocycles. The third kappa shape index (κ3) is 4.16. The summed E-state index contributed by atoms with van der Waals surface area (Å²) in [5.74, 6) is 0.723. The molecule has 0 amide bonds. The zero-order chi connectivity index (χ0) is 14.3. The SMILES string of the molecule is c1ccc(CNCCN2CCC(c3ccccc3)C2)cc1. The highest BCUT2D eigenvalue weighted by Gasteiger charge is 2.22. The van der Waals surface area contributed by atoms with Crippen molar-refractivity contribution in [2.75, 3.05) is 26.2 Å². The van der Waals surface area contributed by atoms with Gasteiger partial charge in [-0.25, -0.2) is 0 Å². The fourth-order valence-corrected chi connectivity index (χ4v) is 3.10. The first-order valence-corrected chi connectivity index (χ1v) is 7.94. The predicted octanol–water partition coefficient (Wildman–Crippen LogP) is 3.27. The highest BCUT2D eigenvalue weighted by atomic mass is 15.2. The first kappa shape index (κ1) is 14.3. The zero-order valence-corrected chi connectivity index (χ0v) is 12.5. The van der Waals surface area contributed by atoms with Gasteiger partial charge in [0.25, 0.3) is 0 Å². The van der Waals surface area contributed by atoms with E-state index in [2.05, 4.69) is 70.9 Å². The van der Waals surface area contributed by atoms with E-state index in [4.69, 9.17) is 0 Å². The van der Waals surface area contributed by atoms with E-state index >= 15 is 0 Å². The minimum atomic E-state index is 0.723. The molecule has 110 valence electrons. The van der Waals surface area contributed by atoms with Gasteiger partial charge in [-0.3, -0.25) is 0 Å². The Kier molecular flexibility index (Phi) is 5.03. The molecule has 1 saturated heterocycles. The van der Waals surface area contributed by atoms with Crippen LogP contribution in [0.1, 0.15) is 23.5 Å². The Morgan fingerprint density at radius 3 is 2.43 bits per heavy atom. The van der Waals surface area contributed by atoms with Crippen LogP contribution in [0.4, 0.5) is 0 Å². The second-order valence-corrected chi connectivity index (χ2v) is 5.86. The third-order valence-electron chi connectivity index (χ3n) is 4.32. The molecule has 2 aromatic carbocycles.